The summed E-state index contributed by atoms with van der Waals surface area (Å²) < 4.78 is 5.27. The first-order chi connectivity index (χ1) is 11.5. The Labute approximate surface area is 137 Å². The maximum absolute atomic E-state index is 12.5. The highest BCUT2D eigenvalue weighted by Crippen LogP contribution is 2.41. The van der Waals surface area contributed by atoms with Crippen molar-refractivity contribution in [2.45, 2.75) is 18.8 Å². The quantitative estimate of drug-likeness (QED) is 0.719. The van der Waals surface area contributed by atoms with Gasteiger partial charge in [0.15, 0.2) is 0 Å². The molecule has 0 aliphatic heterocycles. The second-order valence-electron chi connectivity index (χ2n) is 5.54. The fourth-order valence-electron chi connectivity index (χ4n) is 3.14. The number of fused-ring (bicyclic) bond motifs is 1. The smallest absolute Gasteiger partial charge is 0.344 e. The maximum atomic E-state index is 12.5. The summed E-state index contributed by atoms with van der Waals surface area (Å²) in [5.41, 5.74) is -2.15. The minimum absolute atomic E-state index is 0.0863. The van der Waals surface area contributed by atoms with Gasteiger partial charge >= 0.3 is 11.6 Å². The van der Waals surface area contributed by atoms with E-state index in [1.807, 2.05) is 0 Å². The first-order valence-electron chi connectivity index (χ1n) is 7.56. The topological polar surface area (TPSA) is 87.7 Å². The van der Waals surface area contributed by atoms with Crippen LogP contribution in [0, 0.1) is 0 Å². The molecular weight excluding hydrogens is 308 g/mol. The first-order valence-corrected chi connectivity index (χ1v) is 7.56. The number of aromatic hydroxyl groups is 1. The molecule has 3 aromatic rings. The van der Waals surface area contributed by atoms with Gasteiger partial charge in [-0.1, -0.05) is 49.4 Å². The van der Waals surface area contributed by atoms with Crippen molar-refractivity contribution in [1.82, 2.24) is 0 Å². The molecule has 1 heterocycles. The highest BCUT2D eigenvalue weighted by Gasteiger charge is 2.45. The van der Waals surface area contributed by atoms with E-state index < -0.39 is 17.0 Å². The van der Waals surface area contributed by atoms with Gasteiger partial charge in [-0.3, -0.25) is 4.79 Å². The molecule has 0 aliphatic rings. The van der Waals surface area contributed by atoms with Crippen molar-refractivity contribution in [1.29, 1.82) is 0 Å². The van der Waals surface area contributed by atoms with Crippen molar-refractivity contribution in [3.05, 3.63) is 76.1 Å². The molecule has 0 aliphatic carbocycles. The van der Waals surface area contributed by atoms with Crippen molar-refractivity contribution < 1.29 is 19.4 Å². The SMILES string of the molecule is CCC(C(=O)O)(c1ccccc1)c1c(O)c2ccccc2oc1=O. The lowest BCUT2D eigenvalue weighted by Gasteiger charge is -2.28. The van der Waals surface area contributed by atoms with Crippen molar-refractivity contribution in [2.75, 3.05) is 0 Å². The summed E-state index contributed by atoms with van der Waals surface area (Å²) in [6, 6.07) is 14.9. The third-order valence-electron chi connectivity index (χ3n) is 4.37. The molecular formula is C19H16O5. The van der Waals surface area contributed by atoms with Crippen molar-refractivity contribution >= 4 is 16.9 Å². The molecule has 0 amide bonds. The van der Waals surface area contributed by atoms with Gasteiger partial charge in [0, 0.05) is 0 Å². The Morgan fingerprint density at radius 2 is 1.71 bits per heavy atom. The summed E-state index contributed by atoms with van der Waals surface area (Å²) in [5.74, 6) is -1.57. The van der Waals surface area contributed by atoms with Gasteiger partial charge in [-0.05, 0) is 24.1 Å². The van der Waals surface area contributed by atoms with Crippen molar-refractivity contribution in [2.24, 2.45) is 0 Å². The van der Waals surface area contributed by atoms with E-state index in [4.69, 9.17) is 4.42 Å². The number of carbonyl (C=O) groups is 1. The molecule has 0 spiro atoms. The van der Waals surface area contributed by atoms with E-state index in [0.29, 0.717) is 10.9 Å². The Morgan fingerprint density at radius 3 is 2.33 bits per heavy atom. The van der Waals surface area contributed by atoms with Crippen LogP contribution in [0.2, 0.25) is 0 Å². The van der Waals surface area contributed by atoms with Crippen molar-refractivity contribution in [3.8, 4) is 5.75 Å². The summed E-state index contributed by atoms with van der Waals surface area (Å²) in [5, 5.41) is 21.0. The number of carboxylic acids is 1. The zero-order chi connectivity index (χ0) is 17.3. The molecule has 2 aromatic carbocycles. The summed E-state index contributed by atoms with van der Waals surface area (Å²) in [6.07, 6.45) is 0.0863. The molecule has 0 saturated heterocycles. The van der Waals surface area contributed by atoms with Crippen LogP contribution in [0.15, 0.2) is 63.8 Å². The van der Waals surface area contributed by atoms with Gasteiger partial charge in [-0.25, -0.2) is 4.79 Å². The van der Waals surface area contributed by atoms with Crippen LogP contribution in [-0.4, -0.2) is 16.2 Å². The summed E-state index contributed by atoms with van der Waals surface area (Å²) in [4.78, 5) is 24.7. The Kier molecular flexibility index (Phi) is 3.85. The molecule has 0 fully saturated rings. The maximum Gasteiger partial charge on any atom is 0.344 e. The van der Waals surface area contributed by atoms with Gasteiger partial charge < -0.3 is 14.6 Å². The largest absolute Gasteiger partial charge is 0.507 e. The summed E-state index contributed by atoms with van der Waals surface area (Å²) in [6.45, 7) is 1.66. The monoisotopic (exact) mass is 324 g/mol. The lowest BCUT2D eigenvalue weighted by Crippen LogP contribution is -2.40. The third-order valence-corrected chi connectivity index (χ3v) is 4.37. The molecule has 0 bridgehead atoms. The van der Waals surface area contributed by atoms with Crippen LogP contribution in [-0.2, 0) is 10.2 Å². The number of benzene rings is 2. The second kappa shape index (κ2) is 5.85. The van der Waals surface area contributed by atoms with Crippen LogP contribution in [0.3, 0.4) is 0 Å². The molecule has 2 N–H and O–H groups in total. The number of aliphatic carboxylic acids is 1. The van der Waals surface area contributed by atoms with E-state index >= 15 is 0 Å². The fraction of sp³-hybridized carbons (Fsp3) is 0.158. The number of hydrogen-bond acceptors (Lipinski definition) is 4. The van der Waals surface area contributed by atoms with Gasteiger partial charge in [0.25, 0.3) is 0 Å². The lowest BCUT2D eigenvalue weighted by molar-refractivity contribution is -0.142. The molecule has 122 valence electrons. The average Bonchev–Trinajstić information content (AvgIpc) is 2.59. The van der Waals surface area contributed by atoms with Gasteiger partial charge in [0.2, 0.25) is 0 Å². The number of hydrogen-bond donors (Lipinski definition) is 2. The van der Waals surface area contributed by atoms with E-state index in [-0.39, 0.29) is 23.3 Å². The van der Waals surface area contributed by atoms with Crippen molar-refractivity contribution in [3.63, 3.8) is 0 Å². The van der Waals surface area contributed by atoms with Crippen LogP contribution in [0.25, 0.3) is 11.0 Å². The molecule has 5 nitrogen and oxygen atoms in total. The highest BCUT2D eigenvalue weighted by molar-refractivity contribution is 5.91. The standard InChI is InChI=1S/C19H16O5/c1-2-19(18(22)23,12-8-4-3-5-9-12)15-16(20)13-10-6-7-11-14(13)24-17(15)21/h3-11,20H,2H2,1H3,(H,22,23). The molecule has 1 aromatic heterocycles. The lowest BCUT2D eigenvalue weighted by atomic mass is 9.72. The van der Waals surface area contributed by atoms with Crippen LogP contribution in [0.4, 0.5) is 0 Å². The van der Waals surface area contributed by atoms with E-state index in [1.54, 1.807) is 61.5 Å². The average molecular weight is 324 g/mol. The molecule has 24 heavy (non-hydrogen) atoms. The Balaban J connectivity index is 2.45. The van der Waals surface area contributed by atoms with Gasteiger partial charge in [-0.15, -0.1) is 0 Å². The zero-order valence-electron chi connectivity index (χ0n) is 13.0. The predicted molar refractivity (Wildman–Crippen MR) is 89.3 cm³/mol. The van der Waals surface area contributed by atoms with E-state index in [2.05, 4.69) is 0 Å². The molecule has 0 radical (unpaired) electrons. The van der Waals surface area contributed by atoms with E-state index in [9.17, 15) is 19.8 Å². The molecule has 5 heteroatoms. The Bertz CT molecular complexity index is 958. The second-order valence-corrected chi connectivity index (χ2v) is 5.54. The number of carboxylic acid groups (broad SMARTS) is 1. The zero-order valence-corrected chi connectivity index (χ0v) is 13.0. The minimum atomic E-state index is -1.68. The first kappa shape index (κ1) is 15.8. The van der Waals surface area contributed by atoms with Crippen LogP contribution in [0.5, 0.6) is 5.75 Å². The fourth-order valence-corrected chi connectivity index (χ4v) is 3.14. The van der Waals surface area contributed by atoms with E-state index in [1.165, 1.54) is 0 Å². The minimum Gasteiger partial charge on any atom is -0.507 e. The van der Waals surface area contributed by atoms with Crippen LogP contribution < -0.4 is 5.63 Å². The predicted octanol–water partition coefficient (Wildman–Crippen LogP) is 3.28. The van der Waals surface area contributed by atoms with Crippen LogP contribution in [0.1, 0.15) is 24.5 Å². The van der Waals surface area contributed by atoms with E-state index in [0.717, 1.165) is 0 Å². The highest BCUT2D eigenvalue weighted by atomic mass is 16.4. The van der Waals surface area contributed by atoms with Gasteiger partial charge in [0.05, 0.1) is 5.39 Å². The van der Waals surface area contributed by atoms with Gasteiger partial charge in [-0.2, -0.15) is 0 Å². The third kappa shape index (κ3) is 2.17. The Morgan fingerprint density at radius 1 is 1.08 bits per heavy atom. The summed E-state index contributed by atoms with van der Waals surface area (Å²) >= 11 is 0. The summed E-state index contributed by atoms with van der Waals surface area (Å²) in [7, 11) is 0. The molecule has 0 saturated carbocycles. The molecule has 1 unspecified atom stereocenters. The molecule has 3 rings (SSSR count). The number of rotatable bonds is 4. The molecule has 1 atom stereocenters. The number of para-hydroxylation sites is 1. The van der Waals surface area contributed by atoms with Crippen LogP contribution >= 0.6 is 0 Å². The Hall–Kier alpha value is -3.08. The normalized spacial score (nSPS) is 13.5. The van der Waals surface area contributed by atoms with Gasteiger partial charge in [0.1, 0.15) is 22.3 Å².